The van der Waals surface area contributed by atoms with E-state index in [1.165, 1.54) is 0 Å². The van der Waals surface area contributed by atoms with Crippen molar-refractivity contribution in [3.05, 3.63) is 64.7 Å². The number of ether oxygens (including phenoxy) is 1. The molecule has 1 aliphatic heterocycles. The number of carbonyl (C=O) groups excluding carboxylic acids is 2. The summed E-state index contributed by atoms with van der Waals surface area (Å²) in [6.07, 6.45) is 0.288. The summed E-state index contributed by atoms with van der Waals surface area (Å²) in [4.78, 5) is 28.6. The lowest BCUT2D eigenvalue weighted by atomic mass is 10.1. The lowest BCUT2D eigenvalue weighted by molar-refractivity contribution is -0.131. The minimum Gasteiger partial charge on any atom is -0.495 e. The van der Waals surface area contributed by atoms with E-state index in [-0.39, 0.29) is 18.2 Å². The summed E-state index contributed by atoms with van der Waals surface area (Å²) in [6, 6.07) is 14.6. The van der Waals surface area contributed by atoms with Gasteiger partial charge in [0.25, 0.3) is 5.91 Å². The van der Waals surface area contributed by atoms with Crippen molar-refractivity contribution < 1.29 is 14.3 Å². The van der Waals surface area contributed by atoms with Crippen molar-refractivity contribution in [1.29, 1.82) is 0 Å². The molecule has 1 heterocycles. The first-order valence-electron chi connectivity index (χ1n) is 8.53. The maximum Gasteiger partial charge on any atom is 0.253 e. The van der Waals surface area contributed by atoms with Gasteiger partial charge in [-0.1, -0.05) is 35.9 Å². The summed E-state index contributed by atoms with van der Waals surface area (Å²) in [5.74, 6) is 0.647. The van der Waals surface area contributed by atoms with E-state index in [9.17, 15) is 9.59 Å². The highest BCUT2D eigenvalue weighted by Crippen LogP contribution is 2.25. The second kappa shape index (κ2) is 8.23. The fourth-order valence-corrected chi connectivity index (χ4v) is 3.31. The van der Waals surface area contributed by atoms with Crippen LogP contribution in [0.5, 0.6) is 5.75 Å². The molecule has 26 heavy (non-hydrogen) atoms. The summed E-state index contributed by atoms with van der Waals surface area (Å²) >= 11 is 6.12. The smallest absolute Gasteiger partial charge is 0.253 e. The second-order valence-electron chi connectivity index (χ2n) is 6.18. The Morgan fingerprint density at radius 2 is 1.65 bits per heavy atom. The quantitative estimate of drug-likeness (QED) is 0.829. The fraction of sp³-hybridized carbons (Fsp3) is 0.300. The van der Waals surface area contributed by atoms with Crippen LogP contribution in [0, 0.1) is 0 Å². The number of nitrogens with zero attached hydrogens (tertiary/aromatic N) is 2. The number of benzene rings is 2. The number of carbonyl (C=O) groups is 2. The van der Waals surface area contributed by atoms with Crippen molar-refractivity contribution in [3.63, 3.8) is 0 Å². The fourth-order valence-electron chi connectivity index (χ4n) is 3.03. The molecule has 1 fully saturated rings. The molecule has 0 bridgehead atoms. The van der Waals surface area contributed by atoms with E-state index < -0.39 is 0 Å². The highest BCUT2D eigenvalue weighted by molar-refractivity contribution is 6.32. The first-order chi connectivity index (χ1) is 12.6. The molecule has 0 spiro atoms. The van der Waals surface area contributed by atoms with Crippen LogP contribution in [0.1, 0.15) is 15.9 Å². The van der Waals surface area contributed by atoms with Gasteiger partial charge < -0.3 is 14.5 Å². The predicted octanol–water partition coefficient (Wildman–Crippen LogP) is 2.88. The van der Waals surface area contributed by atoms with Gasteiger partial charge in [0.1, 0.15) is 5.75 Å². The lowest BCUT2D eigenvalue weighted by Gasteiger charge is -2.35. The molecule has 2 amide bonds. The number of halogens is 1. The van der Waals surface area contributed by atoms with Crippen LogP contribution in [-0.2, 0) is 11.2 Å². The first-order valence-corrected chi connectivity index (χ1v) is 8.91. The second-order valence-corrected chi connectivity index (χ2v) is 6.59. The van der Waals surface area contributed by atoms with Gasteiger partial charge in [-0.25, -0.2) is 0 Å². The highest BCUT2D eigenvalue weighted by Gasteiger charge is 2.24. The molecule has 0 aromatic heterocycles. The SMILES string of the molecule is COc1ccc(CC(=O)N2CCN(C(=O)c3ccccc3)CC2)cc1Cl. The summed E-state index contributed by atoms with van der Waals surface area (Å²) < 4.78 is 5.13. The molecule has 2 aromatic rings. The van der Waals surface area contributed by atoms with Crippen molar-refractivity contribution >= 4 is 23.4 Å². The van der Waals surface area contributed by atoms with Gasteiger partial charge in [-0.3, -0.25) is 9.59 Å². The molecule has 0 radical (unpaired) electrons. The molecular weight excluding hydrogens is 352 g/mol. The van der Waals surface area contributed by atoms with E-state index in [0.717, 1.165) is 5.56 Å². The third-order valence-electron chi connectivity index (χ3n) is 4.51. The van der Waals surface area contributed by atoms with Gasteiger partial charge in [-0.05, 0) is 29.8 Å². The Morgan fingerprint density at radius 3 is 2.27 bits per heavy atom. The van der Waals surface area contributed by atoms with Crippen LogP contribution >= 0.6 is 11.6 Å². The zero-order chi connectivity index (χ0) is 18.5. The molecular formula is C20H21ClN2O3. The van der Waals surface area contributed by atoms with Crippen LogP contribution in [0.2, 0.25) is 5.02 Å². The minimum atomic E-state index is 0.0136. The van der Waals surface area contributed by atoms with E-state index in [0.29, 0.717) is 42.5 Å². The van der Waals surface area contributed by atoms with E-state index in [1.54, 1.807) is 29.0 Å². The summed E-state index contributed by atoms with van der Waals surface area (Å²) in [7, 11) is 1.56. The summed E-state index contributed by atoms with van der Waals surface area (Å²) in [5.41, 5.74) is 1.53. The summed E-state index contributed by atoms with van der Waals surface area (Å²) in [5, 5.41) is 0.496. The zero-order valence-corrected chi connectivity index (χ0v) is 15.4. The van der Waals surface area contributed by atoms with Gasteiger partial charge in [0.2, 0.25) is 5.91 Å². The molecule has 1 saturated heterocycles. The Hall–Kier alpha value is -2.53. The largest absolute Gasteiger partial charge is 0.495 e. The molecule has 3 rings (SSSR count). The maximum absolute atomic E-state index is 12.5. The Kier molecular flexibility index (Phi) is 5.78. The Balaban J connectivity index is 1.55. The van der Waals surface area contributed by atoms with Crippen molar-refractivity contribution in [2.45, 2.75) is 6.42 Å². The van der Waals surface area contributed by atoms with E-state index in [1.807, 2.05) is 36.4 Å². The molecule has 1 aliphatic rings. The van der Waals surface area contributed by atoms with Crippen molar-refractivity contribution in [1.82, 2.24) is 9.80 Å². The van der Waals surface area contributed by atoms with E-state index in [4.69, 9.17) is 16.3 Å². The normalized spacial score (nSPS) is 14.2. The zero-order valence-electron chi connectivity index (χ0n) is 14.7. The van der Waals surface area contributed by atoms with Gasteiger partial charge >= 0.3 is 0 Å². The van der Waals surface area contributed by atoms with Crippen LogP contribution in [0.25, 0.3) is 0 Å². The Morgan fingerprint density at radius 1 is 1.00 bits per heavy atom. The average molecular weight is 373 g/mol. The number of methoxy groups -OCH3 is 1. The number of rotatable bonds is 4. The van der Waals surface area contributed by atoms with Crippen molar-refractivity contribution in [3.8, 4) is 5.75 Å². The van der Waals surface area contributed by atoms with Gasteiger partial charge in [0, 0.05) is 31.7 Å². The average Bonchev–Trinajstić information content (AvgIpc) is 2.68. The molecule has 6 heteroatoms. The topological polar surface area (TPSA) is 49.9 Å². The molecule has 0 atom stereocenters. The highest BCUT2D eigenvalue weighted by atomic mass is 35.5. The minimum absolute atomic E-state index is 0.0136. The third-order valence-corrected chi connectivity index (χ3v) is 4.81. The van der Waals surface area contributed by atoms with Gasteiger partial charge in [-0.15, -0.1) is 0 Å². The van der Waals surface area contributed by atoms with Crippen LogP contribution in [0.4, 0.5) is 0 Å². The van der Waals surface area contributed by atoms with E-state index in [2.05, 4.69) is 0 Å². The first kappa shape index (κ1) is 18.3. The van der Waals surface area contributed by atoms with Gasteiger partial charge in [-0.2, -0.15) is 0 Å². The van der Waals surface area contributed by atoms with Crippen molar-refractivity contribution in [2.24, 2.45) is 0 Å². The van der Waals surface area contributed by atoms with Crippen LogP contribution in [0.15, 0.2) is 48.5 Å². The van der Waals surface area contributed by atoms with Crippen LogP contribution in [0.3, 0.4) is 0 Å². The lowest BCUT2D eigenvalue weighted by Crippen LogP contribution is -2.51. The Bertz CT molecular complexity index is 787. The number of amides is 2. The third kappa shape index (κ3) is 4.17. The molecule has 5 nitrogen and oxygen atoms in total. The monoisotopic (exact) mass is 372 g/mol. The number of hydrogen-bond acceptors (Lipinski definition) is 3. The maximum atomic E-state index is 12.5. The molecule has 0 N–H and O–H groups in total. The predicted molar refractivity (Wildman–Crippen MR) is 101 cm³/mol. The van der Waals surface area contributed by atoms with Gasteiger partial charge in [0.15, 0.2) is 0 Å². The van der Waals surface area contributed by atoms with E-state index >= 15 is 0 Å². The molecule has 0 saturated carbocycles. The van der Waals surface area contributed by atoms with Crippen molar-refractivity contribution in [2.75, 3.05) is 33.3 Å². The van der Waals surface area contributed by atoms with Crippen LogP contribution < -0.4 is 4.74 Å². The molecule has 136 valence electrons. The van der Waals surface area contributed by atoms with Gasteiger partial charge in [0.05, 0.1) is 18.6 Å². The molecule has 2 aromatic carbocycles. The molecule has 0 aliphatic carbocycles. The standard InChI is InChI=1S/C20H21ClN2O3/c1-26-18-8-7-15(13-17(18)21)14-19(24)22-9-11-23(12-10-22)20(25)16-5-3-2-4-6-16/h2-8,13H,9-12,14H2,1H3. The van der Waals surface area contributed by atoms with Crippen LogP contribution in [-0.4, -0.2) is 54.9 Å². The number of piperazine rings is 1. The molecule has 0 unspecified atom stereocenters. The number of hydrogen-bond donors (Lipinski definition) is 0. The Labute approximate surface area is 158 Å². The summed E-state index contributed by atoms with van der Waals surface area (Å²) in [6.45, 7) is 2.17.